The molecule has 1 aliphatic rings. The third-order valence-corrected chi connectivity index (χ3v) is 3.69. The molecule has 17 heavy (non-hydrogen) atoms. The maximum Gasteiger partial charge on any atom is 0.0195 e. The Labute approximate surface area is 108 Å². The van der Waals surface area contributed by atoms with Gasteiger partial charge in [-0.25, -0.2) is 0 Å². The molecule has 0 amide bonds. The first-order chi connectivity index (χ1) is 8.08. The van der Waals surface area contributed by atoms with Crippen molar-refractivity contribution in [2.24, 2.45) is 11.8 Å². The van der Waals surface area contributed by atoms with Gasteiger partial charge in [-0.3, -0.25) is 0 Å². The second-order valence-corrected chi connectivity index (χ2v) is 6.46. The van der Waals surface area contributed by atoms with Crippen molar-refractivity contribution in [3.8, 4) is 0 Å². The van der Waals surface area contributed by atoms with Gasteiger partial charge in [-0.2, -0.15) is 0 Å². The molecule has 0 bridgehead atoms. The number of nitrogens with one attached hydrogen (secondary N) is 1. The van der Waals surface area contributed by atoms with Crippen molar-refractivity contribution < 1.29 is 0 Å². The van der Waals surface area contributed by atoms with Crippen LogP contribution in [0.1, 0.15) is 53.4 Å². The van der Waals surface area contributed by atoms with E-state index in [2.05, 4.69) is 37.9 Å². The van der Waals surface area contributed by atoms with Gasteiger partial charge in [0.25, 0.3) is 0 Å². The largest absolute Gasteiger partial charge is 0.313 e. The van der Waals surface area contributed by atoms with Crippen LogP contribution in [0, 0.1) is 11.8 Å². The number of rotatable bonds is 8. The smallest absolute Gasteiger partial charge is 0.0195 e. The molecule has 2 heteroatoms. The quantitative estimate of drug-likeness (QED) is 0.701. The molecule has 1 heterocycles. The molecule has 0 aliphatic carbocycles. The summed E-state index contributed by atoms with van der Waals surface area (Å²) in [7, 11) is 0. The second-order valence-electron chi connectivity index (χ2n) is 6.46. The van der Waals surface area contributed by atoms with Crippen LogP contribution < -0.4 is 5.32 Å². The van der Waals surface area contributed by atoms with Gasteiger partial charge in [0, 0.05) is 12.6 Å². The summed E-state index contributed by atoms with van der Waals surface area (Å²) in [5, 5.41) is 3.62. The number of hydrogen-bond acceptors (Lipinski definition) is 2. The number of nitrogens with zero attached hydrogens (tertiary/aromatic N) is 1. The summed E-state index contributed by atoms with van der Waals surface area (Å²) in [6.45, 7) is 14.4. The lowest BCUT2D eigenvalue weighted by Gasteiger charge is -2.27. The molecule has 0 aromatic rings. The van der Waals surface area contributed by atoms with Crippen LogP contribution in [0.5, 0.6) is 0 Å². The molecule has 102 valence electrons. The Hall–Kier alpha value is -0.0800. The highest BCUT2D eigenvalue weighted by molar-refractivity contribution is 4.78. The Balaban J connectivity index is 2.28. The van der Waals surface area contributed by atoms with E-state index in [1.807, 2.05) is 0 Å². The fourth-order valence-electron chi connectivity index (χ4n) is 2.40. The van der Waals surface area contributed by atoms with Gasteiger partial charge in [0.2, 0.25) is 0 Å². The maximum atomic E-state index is 3.62. The van der Waals surface area contributed by atoms with Crippen LogP contribution in [0.4, 0.5) is 0 Å². The Morgan fingerprint density at radius 1 is 1.06 bits per heavy atom. The second kappa shape index (κ2) is 8.10. The fraction of sp³-hybridized carbons (Fsp3) is 1.00. The number of hydrogen-bond donors (Lipinski definition) is 1. The summed E-state index contributed by atoms with van der Waals surface area (Å²) in [6, 6.07) is 0.759. The van der Waals surface area contributed by atoms with Crippen molar-refractivity contribution in [2.75, 3.05) is 26.2 Å². The molecule has 0 saturated carbocycles. The summed E-state index contributed by atoms with van der Waals surface area (Å²) in [5.74, 6) is 1.65. The lowest BCUT2D eigenvalue weighted by atomic mass is 10.1. The van der Waals surface area contributed by atoms with Crippen molar-refractivity contribution >= 4 is 0 Å². The molecule has 0 radical (unpaired) electrons. The van der Waals surface area contributed by atoms with Gasteiger partial charge in [-0.1, -0.05) is 27.7 Å². The third kappa shape index (κ3) is 7.05. The van der Waals surface area contributed by atoms with Gasteiger partial charge in [-0.05, 0) is 57.2 Å². The first kappa shape index (κ1) is 15.0. The summed E-state index contributed by atoms with van der Waals surface area (Å²) in [5.41, 5.74) is 0. The van der Waals surface area contributed by atoms with E-state index in [0.29, 0.717) is 0 Å². The maximum absolute atomic E-state index is 3.62. The standard InChI is InChI=1S/C15H32N2/c1-13(2)7-10-17(11-8-14(3)4)12-15-6-5-9-16-15/h13-16H,5-12H2,1-4H3/t15-/m0/s1. The van der Waals surface area contributed by atoms with Crippen molar-refractivity contribution in [1.82, 2.24) is 10.2 Å². The minimum atomic E-state index is 0.759. The van der Waals surface area contributed by atoms with Gasteiger partial charge < -0.3 is 10.2 Å². The lowest BCUT2D eigenvalue weighted by Crippen LogP contribution is -2.39. The summed E-state index contributed by atoms with van der Waals surface area (Å²) in [6.07, 6.45) is 5.42. The highest BCUT2D eigenvalue weighted by Gasteiger charge is 2.17. The molecule has 0 spiro atoms. The molecule has 1 N–H and O–H groups in total. The molecular weight excluding hydrogens is 208 g/mol. The zero-order valence-corrected chi connectivity index (χ0v) is 12.3. The van der Waals surface area contributed by atoms with Crippen LogP contribution in [0.3, 0.4) is 0 Å². The first-order valence-electron chi connectivity index (χ1n) is 7.53. The minimum absolute atomic E-state index is 0.759. The minimum Gasteiger partial charge on any atom is -0.313 e. The Kier molecular flexibility index (Phi) is 7.14. The summed E-state index contributed by atoms with van der Waals surface area (Å²) >= 11 is 0. The Bertz CT molecular complexity index is 171. The first-order valence-corrected chi connectivity index (χ1v) is 7.53. The average molecular weight is 240 g/mol. The van der Waals surface area contributed by atoms with E-state index in [9.17, 15) is 0 Å². The van der Waals surface area contributed by atoms with Gasteiger partial charge in [-0.15, -0.1) is 0 Å². The molecule has 1 fully saturated rings. The van der Waals surface area contributed by atoms with Crippen LogP contribution in [-0.2, 0) is 0 Å². The van der Waals surface area contributed by atoms with Crippen molar-refractivity contribution in [3.05, 3.63) is 0 Å². The van der Waals surface area contributed by atoms with E-state index in [-0.39, 0.29) is 0 Å². The zero-order chi connectivity index (χ0) is 12.7. The SMILES string of the molecule is CC(C)CCN(CCC(C)C)C[C@@H]1CCCN1. The van der Waals surface area contributed by atoms with Gasteiger partial charge in [0.05, 0.1) is 0 Å². The average Bonchev–Trinajstić information content (AvgIpc) is 2.74. The fourth-order valence-corrected chi connectivity index (χ4v) is 2.40. The van der Waals surface area contributed by atoms with E-state index in [1.54, 1.807) is 0 Å². The van der Waals surface area contributed by atoms with E-state index < -0.39 is 0 Å². The van der Waals surface area contributed by atoms with E-state index in [1.165, 1.54) is 51.9 Å². The molecule has 0 unspecified atom stereocenters. The molecular formula is C15H32N2. The molecule has 0 aromatic carbocycles. The topological polar surface area (TPSA) is 15.3 Å². The summed E-state index contributed by atoms with van der Waals surface area (Å²) in [4.78, 5) is 2.68. The monoisotopic (exact) mass is 240 g/mol. The van der Waals surface area contributed by atoms with Crippen LogP contribution in [0.25, 0.3) is 0 Å². The Morgan fingerprint density at radius 3 is 2.06 bits per heavy atom. The zero-order valence-electron chi connectivity index (χ0n) is 12.3. The summed E-state index contributed by atoms with van der Waals surface area (Å²) < 4.78 is 0. The predicted octanol–water partition coefficient (Wildman–Crippen LogP) is 3.13. The van der Waals surface area contributed by atoms with Crippen LogP contribution in [0.2, 0.25) is 0 Å². The van der Waals surface area contributed by atoms with Gasteiger partial charge >= 0.3 is 0 Å². The van der Waals surface area contributed by atoms with Crippen molar-refractivity contribution in [1.29, 1.82) is 0 Å². The highest BCUT2D eigenvalue weighted by atomic mass is 15.1. The van der Waals surface area contributed by atoms with Crippen molar-refractivity contribution in [3.63, 3.8) is 0 Å². The molecule has 1 saturated heterocycles. The molecule has 2 nitrogen and oxygen atoms in total. The van der Waals surface area contributed by atoms with Crippen molar-refractivity contribution in [2.45, 2.75) is 59.4 Å². The molecule has 1 aliphatic heterocycles. The lowest BCUT2D eigenvalue weighted by molar-refractivity contribution is 0.224. The molecule has 1 rings (SSSR count). The van der Waals surface area contributed by atoms with Crippen LogP contribution in [-0.4, -0.2) is 37.1 Å². The van der Waals surface area contributed by atoms with E-state index in [0.717, 1.165) is 17.9 Å². The molecule has 1 atom stereocenters. The van der Waals surface area contributed by atoms with E-state index in [4.69, 9.17) is 0 Å². The van der Waals surface area contributed by atoms with E-state index >= 15 is 0 Å². The van der Waals surface area contributed by atoms with Gasteiger partial charge in [0.1, 0.15) is 0 Å². The van der Waals surface area contributed by atoms with Crippen LogP contribution in [0.15, 0.2) is 0 Å². The highest BCUT2D eigenvalue weighted by Crippen LogP contribution is 2.11. The predicted molar refractivity (Wildman–Crippen MR) is 76.4 cm³/mol. The third-order valence-electron chi connectivity index (χ3n) is 3.69. The van der Waals surface area contributed by atoms with Crippen LogP contribution >= 0.6 is 0 Å². The molecule has 0 aromatic heterocycles. The Morgan fingerprint density at radius 2 is 1.65 bits per heavy atom. The normalized spacial score (nSPS) is 21.0. The van der Waals surface area contributed by atoms with Gasteiger partial charge in [0.15, 0.2) is 0 Å².